The van der Waals surface area contributed by atoms with Crippen LogP contribution < -0.4 is 5.32 Å². The van der Waals surface area contributed by atoms with E-state index in [-0.39, 0.29) is 0 Å². The highest BCUT2D eigenvalue weighted by molar-refractivity contribution is 4.86. The number of piperazine rings is 1. The Kier molecular flexibility index (Phi) is 5.50. The Bertz CT molecular complexity index is 235. The summed E-state index contributed by atoms with van der Waals surface area (Å²) in [5.41, 5.74) is 0. The first kappa shape index (κ1) is 14.3. The largest absolute Gasteiger partial charge is 0.311 e. The topological polar surface area (TPSA) is 15.3 Å². The van der Waals surface area contributed by atoms with E-state index in [4.69, 9.17) is 0 Å². The minimum atomic E-state index is 0.717. The van der Waals surface area contributed by atoms with Crippen molar-refractivity contribution in [3.05, 3.63) is 0 Å². The van der Waals surface area contributed by atoms with Crippen LogP contribution in [0.4, 0.5) is 0 Å². The highest BCUT2D eigenvalue weighted by Gasteiger charge is 2.28. The third kappa shape index (κ3) is 3.71. The molecule has 2 aliphatic rings. The van der Waals surface area contributed by atoms with E-state index in [9.17, 15) is 0 Å². The molecule has 2 heteroatoms. The van der Waals surface area contributed by atoms with E-state index < -0.39 is 0 Å². The molecule has 2 nitrogen and oxygen atoms in total. The lowest BCUT2D eigenvalue weighted by Gasteiger charge is -2.41. The number of nitrogens with one attached hydrogen (secondary N) is 1. The zero-order valence-electron chi connectivity index (χ0n) is 12.6. The van der Waals surface area contributed by atoms with Gasteiger partial charge in [-0.1, -0.05) is 46.0 Å². The Hall–Kier alpha value is -0.0800. The van der Waals surface area contributed by atoms with Crippen molar-refractivity contribution in [3.63, 3.8) is 0 Å². The van der Waals surface area contributed by atoms with Crippen molar-refractivity contribution < 1.29 is 0 Å². The van der Waals surface area contributed by atoms with E-state index >= 15 is 0 Å². The standard InChI is InChI=1S/C16H32N2/c1-4-13(2)16-12-18(14(3)11-17-16)10-9-15-7-5-6-8-15/h13-17H,4-12H2,1-3H3. The molecule has 0 aromatic rings. The summed E-state index contributed by atoms with van der Waals surface area (Å²) in [6.45, 7) is 10.9. The van der Waals surface area contributed by atoms with Gasteiger partial charge in [-0.3, -0.25) is 4.90 Å². The van der Waals surface area contributed by atoms with Crippen molar-refractivity contribution in [3.8, 4) is 0 Å². The molecule has 1 aliphatic heterocycles. The van der Waals surface area contributed by atoms with Crippen LogP contribution in [0.5, 0.6) is 0 Å². The van der Waals surface area contributed by atoms with Crippen LogP contribution in [0.3, 0.4) is 0 Å². The quantitative estimate of drug-likeness (QED) is 0.808. The monoisotopic (exact) mass is 252 g/mol. The molecular weight excluding hydrogens is 220 g/mol. The molecule has 18 heavy (non-hydrogen) atoms. The van der Waals surface area contributed by atoms with E-state index in [1.807, 2.05) is 0 Å². The third-order valence-corrected chi connectivity index (χ3v) is 5.36. The minimum absolute atomic E-state index is 0.717. The summed E-state index contributed by atoms with van der Waals surface area (Å²) in [7, 11) is 0. The summed E-state index contributed by atoms with van der Waals surface area (Å²) in [6.07, 6.45) is 8.69. The Morgan fingerprint density at radius 3 is 2.67 bits per heavy atom. The second-order valence-corrected chi connectivity index (χ2v) is 6.68. The van der Waals surface area contributed by atoms with Crippen molar-refractivity contribution in [2.75, 3.05) is 19.6 Å². The predicted octanol–water partition coefficient (Wildman–Crippen LogP) is 3.28. The van der Waals surface area contributed by atoms with Gasteiger partial charge in [0.2, 0.25) is 0 Å². The molecule has 1 aliphatic carbocycles. The smallest absolute Gasteiger partial charge is 0.0221 e. The lowest BCUT2D eigenvalue weighted by molar-refractivity contribution is 0.112. The Morgan fingerprint density at radius 1 is 1.28 bits per heavy atom. The minimum Gasteiger partial charge on any atom is -0.311 e. The summed E-state index contributed by atoms with van der Waals surface area (Å²) in [4.78, 5) is 2.74. The first-order valence-electron chi connectivity index (χ1n) is 8.18. The molecule has 2 fully saturated rings. The zero-order valence-corrected chi connectivity index (χ0v) is 12.6. The fourth-order valence-corrected chi connectivity index (χ4v) is 3.57. The van der Waals surface area contributed by atoms with Gasteiger partial charge in [0.05, 0.1) is 0 Å². The van der Waals surface area contributed by atoms with Gasteiger partial charge in [0.1, 0.15) is 0 Å². The molecule has 1 N–H and O–H groups in total. The van der Waals surface area contributed by atoms with Gasteiger partial charge in [0.25, 0.3) is 0 Å². The molecule has 1 heterocycles. The van der Waals surface area contributed by atoms with Crippen LogP contribution in [-0.4, -0.2) is 36.6 Å². The highest BCUT2D eigenvalue weighted by Crippen LogP contribution is 2.28. The van der Waals surface area contributed by atoms with Gasteiger partial charge in [-0.05, 0) is 31.7 Å². The zero-order chi connectivity index (χ0) is 13.0. The molecular formula is C16H32N2. The summed E-state index contributed by atoms with van der Waals surface area (Å²) in [5.74, 6) is 1.85. The normalized spacial score (nSPS) is 32.8. The van der Waals surface area contributed by atoms with Crippen molar-refractivity contribution in [1.29, 1.82) is 0 Å². The highest BCUT2D eigenvalue weighted by atomic mass is 15.2. The number of nitrogens with zero attached hydrogens (tertiary/aromatic N) is 1. The van der Waals surface area contributed by atoms with Crippen LogP contribution in [0.2, 0.25) is 0 Å². The molecule has 0 aromatic heterocycles. The molecule has 106 valence electrons. The number of hydrogen-bond donors (Lipinski definition) is 1. The maximum Gasteiger partial charge on any atom is 0.0221 e. The molecule has 0 aromatic carbocycles. The average Bonchev–Trinajstić information content (AvgIpc) is 2.90. The Morgan fingerprint density at radius 2 is 2.00 bits per heavy atom. The van der Waals surface area contributed by atoms with E-state index in [0.717, 1.165) is 23.9 Å². The summed E-state index contributed by atoms with van der Waals surface area (Å²) in [6, 6.07) is 1.45. The van der Waals surface area contributed by atoms with Gasteiger partial charge < -0.3 is 5.32 Å². The molecule has 1 saturated heterocycles. The van der Waals surface area contributed by atoms with Crippen LogP contribution in [0.15, 0.2) is 0 Å². The van der Waals surface area contributed by atoms with Crippen molar-refractivity contribution in [1.82, 2.24) is 10.2 Å². The number of rotatable bonds is 5. The van der Waals surface area contributed by atoms with Gasteiger partial charge in [-0.25, -0.2) is 0 Å². The first-order chi connectivity index (χ1) is 8.70. The second kappa shape index (κ2) is 6.91. The molecule has 2 rings (SSSR count). The van der Waals surface area contributed by atoms with Crippen molar-refractivity contribution in [2.45, 2.75) is 71.4 Å². The number of hydrogen-bond acceptors (Lipinski definition) is 2. The molecule has 3 unspecified atom stereocenters. The summed E-state index contributed by atoms with van der Waals surface area (Å²) in [5, 5.41) is 3.74. The fourth-order valence-electron chi connectivity index (χ4n) is 3.57. The average molecular weight is 252 g/mol. The first-order valence-corrected chi connectivity index (χ1v) is 8.18. The molecule has 1 saturated carbocycles. The van der Waals surface area contributed by atoms with Gasteiger partial charge in [-0.15, -0.1) is 0 Å². The van der Waals surface area contributed by atoms with Gasteiger partial charge in [0.15, 0.2) is 0 Å². The Labute approximate surface area is 114 Å². The molecule has 3 atom stereocenters. The van der Waals surface area contributed by atoms with Crippen LogP contribution in [0.25, 0.3) is 0 Å². The van der Waals surface area contributed by atoms with Crippen LogP contribution in [-0.2, 0) is 0 Å². The maximum absolute atomic E-state index is 3.74. The van der Waals surface area contributed by atoms with Crippen molar-refractivity contribution in [2.24, 2.45) is 11.8 Å². The van der Waals surface area contributed by atoms with Gasteiger partial charge in [-0.2, -0.15) is 0 Å². The fraction of sp³-hybridized carbons (Fsp3) is 1.00. The second-order valence-electron chi connectivity index (χ2n) is 6.68. The van der Waals surface area contributed by atoms with Crippen LogP contribution in [0, 0.1) is 11.8 Å². The van der Waals surface area contributed by atoms with E-state index in [1.54, 1.807) is 0 Å². The van der Waals surface area contributed by atoms with Gasteiger partial charge >= 0.3 is 0 Å². The predicted molar refractivity (Wildman–Crippen MR) is 78.9 cm³/mol. The van der Waals surface area contributed by atoms with E-state index in [2.05, 4.69) is 31.0 Å². The molecule has 0 amide bonds. The molecule has 0 spiro atoms. The lowest BCUT2D eigenvalue weighted by Crippen LogP contribution is -2.57. The molecule has 0 bridgehead atoms. The van der Waals surface area contributed by atoms with Crippen molar-refractivity contribution >= 4 is 0 Å². The molecule has 0 radical (unpaired) electrons. The SMILES string of the molecule is CCC(C)C1CN(CCC2CCCC2)C(C)CN1. The van der Waals surface area contributed by atoms with Crippen LogP contribution in [0.1, 0.15) is 59.3 Å². The maximum atomic E-state index is 3.74. The lowest BCUT2D eigenvalue weighted by atomic mass is 9.95. The van der Waals surface area contributed by atoms with Gasteiger partial charge in [0, 0.05) is 25.2 Å². The third-order valence-electron chi connectivity index (χ3n) is 5.36. The van der Waals surface area contributed by atoms with E-state index in [1.165, 1.54) is 58.2 Å². The van der Waals surface area contributed by atoms with E-state index in [0.29, 0.717) is 0 Å². The van der Waals surface area contributed by atoms with Crippen LogP contribution >= 0.6 is 0 Å². The summed E-state index contributed by atoms with van der Waals surface area (Å²) >= 11 is 0. The Balaban J connectivity index is 1.77. The summed E-state index contributed by atoms with van der Waals surface area (Å²) < 4.78 is 0.